The van der Waals surface area contributed by atoms with Crippen molar-refractivity contribution in [1.82, 2.24) is 0 Å². The standard InChI is InChI=1S/C23H14N2O4S/c24-25-19-14-13-16-17(23(19)27)10-6-12-20(16)30(28,29)21-11-5-4-9-18(21)22(26)15-7-2-1-3-8-15/h1-14H/p+1. The number of diazo groups is 1. The molecule has 146 valence electrons. The van der Waals surface area contributed by atoms with Gasteiger partial charge in [-0.05, 0) is 24.3 Å². The summed E-state index contributed by atoms with van der Waals surface area (Å²) in [6, 6.07) is 21.7. The van der Waals surface area contributed by atoms with Crippen LogP contribution in [0.1, 0.15) is 15.9 Å². The lowest BCUT2D eigenvalue weighted by Gasteiger charge is -2.12. The minimum absolute atomic E-state index is 0.0619. The fourth-order valence-electron chi connectivity index (χ4n) is 3.37. The van der Waals surface area contributed by atoms with Crippen molar-refractivity contribution in [3.05, 3.63) is 101 Å². The lowest BCUT2D eigenvalue weighted by molar-refractivity contribution is 0.103. The molecule has 6 nitrogen and oxygen atoms in total. The van der Waals surface area contributed by atoms with Crippen LogP contribution in [0.5, 0.6) is 5.75 Å². The molecule has 4 rings (SSSR count). The Balaban J connectivity index is 1.94. The van der Waals surface area contributed by atoms with Crippen LogP contribution < -0.4 is 0 Å². The Hall–Kier alpha value is -4.02. The van der Waals surface area contributed by atoms with Gasteiger partial charge in [-0.1, -0.05) is 54.6 Å². The Morgan fingerprint density at radius 2 is 1.43 bits per heavy atom. The van der Waals surface area contributed by atoms with Gasteiger partial charge in [0, 0.05) is 28.0 Å². The molecular weight excluding hydrogens is 400 g/mol. The molecule has 0 amide bonds. The second-order valence-corrected chi connectivity index (χ2v) is 8.47. The summed E-state index contributed by atoms with van der Waals surface area (Å²) in [5.41, 5.74) is 0.369. The fourth-order valence-corrected chi connectivity index (χ4v) is 5.04. The maximum Gasteiger partial charge on any atom is 0.426 e. The summed E-state index contributed by atoms with van der Waals surface area (Å²) in [6.07, 6.45) is 0. The molecule has 0 aromatic heterocycles. The molecule has 7 heteroatoms. The van der Waals surface area contributed by atoms with E-state index in [1.54, 1.807) is 42.5 Å². The van der Waals surface area contributed by atoms with Crippen molar-refractivity contribution in [1.29, 1.82) is 5.39 Å². The van der Waals surface area contributed by atoms with Crippen LogP contribution >= 0.6 is 0 Å². The highest BCUT2D eigenvalue weighted by Crippen LogP contribution is 2.39. The first kappa shape index (κ1) is 19.3. The number of sulfone groups is 1. The molecule has 0 atom stereocenters. The number of carbonyl (C=O) groups is 1. The highest BCUT2D eigenvalue weighted by Gasteiger charge is 2.28. The average molecular weight is 415 g/mol. The van der Waals surface area contributed by atoms with Crippen molar-refractivity contribution in [2.45, 2.75) is 9.79 Å². The SMILES string of the molecule is N#[N+]c1ccc2c(S(=O)(=O)c3ccccc3C(=O)c3ccccc3)cccc2c1O. The largest absolute Gasteiger partial charge is 0.501 e. The van der Waals surface area contributed by atoms with Crippen LogP contribution in [0.15, 0.2) is 94.7 Å². The molecular formula is C23H15N2O4S+. The molecule has 4 aromatic rings. The molecule has 0 fully saturated rings. The normalized spacial score (nSPS) is 11.2. The van der Waals surface area contributed by atoms with Crippen molar-refractivity contribution in [2.75, 3.05) is 0 Å². The number of hydrogen-bond acceptors (Lipinski definition) is 5. The molecule has 0 unspecified atom stereocenters. The van der Waals surface area contributed by atoms with Crippen molar-refractivity contribution < 1.29 is 18.3 Å². The number of hydrogen-bond donors (Lipinski definition) is 1. The van der Waals surface area contributed by atoms with Crippen LogP contribution in [0.2, 0.25) is 0 Å². The van der Waals surface area contributed by atoms with Crippen molar-refractivity contribution >= 4 is 32.1 Å². The maximum absolute atomic E-state index is 13.6. The van der Waals surface area contributed by atoms with Gasteiger partial charge in [-0.2, -0.15) is 0 Å². The predicted octanol–water partition coefficient (Wildman–Crippen LogP) is 5.09. The van der Waals surface area contributed by atoms with E-state index in [4.69, 9.17) is 5.39 Å². The predicted molar refractivity (Wildman–Crippen MR) is 112 cm³/mol. The third-order valence-electron chi connectivity index (χ3n) is 4.83. The Morgan fingerprint density at radius 1 is 0.767 bits per heavy atom. The summed E-state index contributed by atoms with van der Waals surface area (Å²) in [6.45, 7) is 0. The third-order valence-corrected chi connectivity index (χ3v) is 6.70. The van der Waals surface area contributed by atoms with E-state index in [1.165, 1.54) is 42.5 Å². The molecule has 4 aromatic carbocycles. The number of carbonyl (C=O) groups excluding carboxylic acids is 1. The van der Waals surface area contributed by atoms with E-state index in [2.05, 4.69) is 4.98 Å². The second-order valence-electron chi connectivity index (χ2n) is 6.58. The zero-order valence-corrected chi connectivity index (χ0v) is 16.4. The van der Waals surface area contributed by atoms with Crippen LogP contribution in [0.25, 0.3) is 15.7 Å². The zero-order chi connectivity index (χ0) is 21.3. The quantitative estimate of drug-likeness (QED) is 0.369. The van der Waals surface area contributed by atoms with Crippen LogP contribution in [0.3, 0.4) is 0 Å². The molecule has 0 aliphatic carbocycles. The molecule has 0 aliphatic heterocycles. The van der Waals surface area contributed by atoms with E-state index in [9.17, 15) is 18.3 Å². The van der Waals surface area contributed by atoms with Gasteiger partial charge in [-0.3, -0.25) is 4.79 Å². The van der Waals surface area contributed by atoms with E-state index in [1.807, 2.05) is 0 Å². The van der Waals surface area contributed by atoms with E-state index in [0.717, 1.165) is 0 Å². The first-order chi connectivity index (χ1) is 14.4. The minimum atomic E-state index is -4.11. The number of fused-ring (bicyclic) bond motifs is 1. The molecule has 0 heterocycles. The molecule has 0 aliphatic rings. The van der Waals surface area contributed by atoms with Gasteiger partial charge in [-0.15, -0.1) is 0 Å². The molecule has 0 saturated heterocycles. The smallest absolute Gasteiger partial charge is 0.426 e. The summed E-state index contributed by atoms with van der Waals surface area (Å²) in [7, 11) is -4.11. The van der Waals surface area contributed by atoms with Crippen molar-refractivity contribution in [3.63, 3.8) is 0 Å². The van der Waals surface area contributed by atoms with E-state index in [0.29, 0.717) is 5.56 Å². The van der Waals surface area contributed by atoms with E-state index in [-0.39, 0.29) is 37.6 Å². The Bertz CT molecular complexity index is 1440. The molecule has 0 spiro atoms. The first-order valence-corrected chi connectivity index (χ1v) is 10.5. The Labute approximate surface area is 172 Å². The fraction of sp³-hybridized carbons (Fsp3) is 0. The van der Waals surface area contributed by atoms with Crippen LogP contribution in [0, 0.1) is 5.39 Å². The number of ketones is 1. The van der Waals surface area contributed by atoms with Gasteiger partial charge < -0.3 is 5.11 Å². The van der Waals surface area contributed by atoms with Crippen LogP contribution in [-0.2, 0) is 9.84 Å². The molecule has 1 N–H and O–H groups in total. The van der Waals surface area contributed by atoms with E-state index < -0.39 is 15.6 Å². The summed E-state index contributed by atoms with van der Waals surface area (Å²) in [5.74, 6) is -0.736. The summed E-state index contributed by atoms with van der Waals surface area (Å²) in [5, 5.41) is 19.8. The monoisotopic (exact) mass is 415 g/mol. The van der Waals surface area contributed by atoms with Crippen molar-refractivity contribution in [3.8, 4) is 5.75 Å². The highest BCUT2D eigenvalue weighted by atomic mass is 32.2. The number of phenolic OH excluding ortho intramolecular Hbond substituents is 1. The van der Waals surface area contributed by atoms with Gasteiger partial charge >= 0.3 is 5.69 Å². The number of phenols is 1. The Morgan fingerprint density at radius 3 is 2.17 bits per heavy atom. The Kier molecular flexibility index (Phi) is 4.78. The van der Waals surface area contributed by atoms with Gasteiger partial charge in [0.2, 0.25) is 21.0 Å². The summed E-state index contributed by atoms with van der Waals surface area (Å²) < 4.78 is 27.1. The molecule has 0 radical (unpaired) electrons. The lowest BCUT2D eigenvalue weighted by atomic mass is 10.0. The van der Waals surface area contributed by atoms with Gasteiger partial charge in [0.15, 0.2) is 10.8 Å². The summed E-state index contributed by atoms with van der Waals surface area (Å²) >= 11 is 0. The van der Waals surface area contributed by atoms with Crippen molar-refractivity contribution in [2.24, 2.45) is 0 Å². The third kappa shape index (κ3) is 3.09. The zero-order valence-electron chi connectivity index (χ0n) is 15.6. The number of nitrogens with zero attached hydrogens (tertiary/aromatic N) is 2. The number of rotatable bonds is 4. The van der Waals surface area contributed by atoms with Gasteiger partial charge in [0.25, 0.3) is 0 Å². The summed E-state index contributed by atoms with van der Waals surface area (Å²) in [4.78, 5) is 15.8. The van der Waals surface area contributed by atoms with E-state index >= 15 is 0 Å². The van der Waals surface area contributed by atoms with Gasteiger partial charge in [0.05, 0.1) is 9.79 Å². The van der Waals surface area contributed by atoms with Gasteiger partial charge in [0.1, 0.15) is 0 Å². The lowest BCUT2D eigenvalue weighted by Crippen LogP contribution is -2.11. The van der Waals surface area contributed by atoms with Crippen LogP contribution in [0.4, 0.5) is 5.69 Å². The first-order valence-electron chi connectivity index (χ1n) is 8.99. The average Bonchev–Trinajstić information content (AvgIpc) is 2.79. The molecule has 0 bridgehead atoms. The molecule has 0 saturated carbocycles. The maximum atomic E-state index is 13.6. The second kappa shape index (κ2) is 7.43. The van der Waals surface area contributed by atoms with Crippen LogP contribution in [-0.4, -0.2) is 19.3 Å². The van der Waals surface area contributed by atoms with Gasteiger partial charge in [-0.25, -0.2) is 8.42 Å². The number of benzene rings is 4. The minimum Gasteiger partial charge on any atom is -0.501 e. The topological polar surface area (TPSA) is 99.6 Å². The molecule has 30 heavy (non-hydrogen) atoms. The highest BCUT2D eigenvalue weighted by molar-refractivity contribution is 7.91. The number of aromatic hydroxyl groups is 1.